The molecule has 0 atom stereocenters. The van der Waals surface area contributed by atoms with Gasteiger partial charge in [-0.15, -0.1) is 0 Å². The average molecular weight is 142 g/mol. The Labute approximate surface area is 60.6 Å². The Morgan fingerprint density at radius 2 is 2.00 bits per heavy atom. The number of aliphatic carboxylic acids is 1. The monoisotopic (exact) mass is 142 g/mol. The molecule has 3 nitrogen and oxygen atoms in total. The van der Waals surface area contributed by atoms with E-state index in [-0.39, 0.29) is 0 Å². The molecule has 1 heterocycles. The number of carbonyl (C=O) groups is 1. The quantitative estimate of drug-likeness (QED) is 0.575. The van der Waals surface area contributed by atoms with Crippen molar-refractivity contribution in [3.8, 4) is 0 Å². The molecular formula is C7H12NO2. The van der Waals surface area contributed by atoms with Gasteiger partial charge in [-0.2, -0.15) is 0 Å². The normalized spacial score (nSPS) is 22.9. The predicted molar refractivity (Wildman–Crippen MR) is 37.6 cm³/mol. The van der Waals surface area contributed by atoms with Crippen LogP contribution >= 0.6 is 0 Å². The molecule has 0 aromatic rings. The number of rotatable bonds is 1. The van der Waals surface area contributed by atoms with Crippen LogP contribution in [-0.2, 0) is 4.79 Å². The Hall–Kier alpha value is -0.570. The van der Waals surface area contributed by atoms with E-state index >= 15 is 0 Å². The van der Waals surface area contributed by atoms with E-state index in [1.54, 1.807) is 0 Å². The number of hydrogen-bond donors (Lipinski definition) is 1. The van der Waals surface area contributed by atoms with E-state index in [0.717, 1.165) is 25.9 Å². The van der Waals surface area contributed by atoms with Crippen molar-refractivity contribution in [2.45, 2.75) is 12.8 Å². The zero-order valence-corrected chi connectivity index (χ0v) is 6.13. The van der Waals surface area contributed by atoms with Crippen molar-refractivity contribution in [3.05, 3.63) is 5.92 Å². The number of hydrogen-bond acceptors (Lipinski definition) is 2. The maximum atomic E-state index is 10.4. The van der Waals surface area contributed by atoms with Crippen LogP contribution < -0.4 is 0 Å². The van der Waals surface area contributed by atoms with Gasteiger partial charge in [-0.25, -0.2) is 0 Å². The van der Waals surface area contributed by atoms with Gasteiger partial charge in [-0.05, 0) is 33.0 Å². The van der Waals surface area contributed by atoms with Crippen LogP contribution in [0.25, 0.3) is 0 Å². The maximum Gasteiger partial charge on any atom is 0.310 e. The largest absolute Gasteiger partial charge is 0.481 e. The second-order valence-electron chi connectivity index (χ2n) is 2.71. The first-order valence-electron chi connectivity index (χ1n) is 3.46. The van der Waals surface area contributed by atoms with Crippen LogP contribution in [0.3, 0.4) is 0 Å². The van der Waals surface area contributed by atoms with Crippen LogP contribution in [-0.4, -0.2) is 36.1 Å². The standard InChI is InChI=1S/C7H12NO2/c1-8-4-2-6(3-5-8)7(9)10/h2-5H2,1H3,(H,9,10). The van der Waals surface area contributed by atoms with Crippen molar-refractivity contribution in [1.82, 2.24) is 4.90 Å². The second kappa shape index (κ2) is 3.01. The molecular weight excluding hydrogens is 130 g/mol. The lowest BCUT2D eigenvalue weighted by Gasteiger charge is -2.25. The van der Waals surface area contributed by atoms with E-state index in [0.29, 0.717) is 5.92 Å². The molecule has 0 unspecified atom stereocenters. The molecule has 0 aliphatic carbocycles. The highest BCUT2D eigenvalue weighted by molar-refractivity contribution is 5.82. The minimum absolute atomic E-state index is 0.679. The van der Waals surface area contributed by atoms with Gasteiger partial charge in [0, 0.05) is 0 Å². The third-order valence-corrected chi connectivity index (χ3v) is 1.89. The molecule has 1 radical (unpaired) electrons. The summed E-state index contributed by atoms with van der Waals surface area (Å²) in [5.74, 6) is -0.0359. The average Bonchev–Trinajstić information content (AvgIpc) is 1.88. The van der Waals surface area contributed by atoms with Crippen molar-refractivity contribution in [2.24, 2.45) is 0 Å². The molecule has 1 aliphatic heterocycles. The van der Waals surface area contributed by atoms with Crippen LogP contribution in [0.1, 0.15) is 12.8 Å². The number of likely N-dealkylation sites (tertiary alicyclic amines) is 1. The number of piperidine rings is 1. The van der Waals surface area contributed by atoms with Crippen molar-refractivity contribution in [1.29, 1.82) is 0 Å². The predicted octanol–water partition coefficient (Wildman–Crippen LogP) is 0.371. The molecule has 1 saturated heterocycles. The van der Waals surface area contributed by atoms with Crippen molar-refractivity contribution >= 4 is 5.97 Å². The van der Waals surface area contributed by atoms with Gasteiger partial charge in [-0.3, -0.25) is 4.79 Å². The van der Waals surface area contributed by atoms with E-state index in [1.165, 1.54) is 0 Å². The van der Waals surface area contributed by atoms with Crippen molar-refractivity contribution in [2.75, 3.05) is 20.1 Å². The van der Waals surface area contributed by atoms with Crippen LogP contribution in [0.15, 0.2) is 0 Å². The summed E-state index contributed by atoms with van der Waals surface area (Å²) >= 11 is 0. The van der Waals surface area contributed by atoms with Gasteiger partial charge in [0.25, 0.3) is 0 Å². The highest BCUT2D eigenvalue weighted by Gasteiger charge is 2.22. The van der Waals surface area contributed by atoms with E-state index in [4.69, 9.17) is 5.11 Å². The fraction of sp³-hybridized carbons (Fsp3) is 0.714. The molecule has 0 aromatic heterocycles. The third-order valence-electron chi connectivity index (χ3n) is 1.89. The summed E-state index contributed by atoms with van der Waals surface area (Å²) in [5, 5.41) is 8.57. The van der Waals surface area contributed by atoms with Crippen LogP contribution in [0.5, 0.6) is 0 Å². The molecule has 0 saturated carbocycles. The highest BCUT2D eigenvalue weighted by atomic mass is 16.4. The molecule has 3 heteroatoms. The number of nitrogens with zero attached hydrogens (tertiary/aromatic N) is 1. The van der Waals surface area contributed by atoms with Crippen molar-refractivity contribution < 1.29 is 9.90 Å². The Bertz CT molecular complexity index is 128. The molecule has 0 spiro atoms. The zero-order valence-electron chi connectivity index (χ0n) is 6.13. The summed E-state index contributed by atoms with van der Waals surface area (Å²) in [6.07, 6.45) is 1.46. The highest BCUT2D eigenvalue weighted by Crippen LogP contribution is 2.17. The van der Waals surface area contributed by atoms with Crippen LogP contribution in [0.4, 0.5) is 0 Å². The topological polar surface area (TPSA) is 40.5 Å². The smallest absolute Gasteiger partial charge is 0.310 e. The summed E-state index contributed by atoms with van der Waals surface area (Å²) in [6.45, 7) is 1.78. The van der Waals surface area contributed by atoms with Gasteiger partial charge in [-0.1, -0.05) is 0 Å². The lowest BCUT2D eigenvalue weighted by Crippen LogP contribution is -2.32. The number of carboxylic acids is 1. The van der Waals surface area contributed by atoms with Crippen molar-refractivity contribution in [3.63, 3.8) is 0 Å². The molecule has 10 heavy (non-hydrogen) atoms. The fourth-order valence-corrected chi connectivity index (χ4v) is 1.10. The van der Waals surface area contributed by atoms with E-state index in [1.807, 2.05) is 7.05 Å². The van der Waals surface area contributed by atoms with Gasteiger partial charge in [0.15, 0.2) is 0 Å². The van der Waals surface area contributed by atoms with E-state index in [9.17, 15) is 4.79 Å². The molecule has 57 valence electrons. The SMILES string of the molecule is CN1CC[C](C(=O)O)CC1. The van der Waals surface area contributed by atoms with Gasteiger partial charge < -0.3 is 10.0 Å². The molecule has 1 fully saturated rings. The molecule has 1 rings (SSSR count). The van der Waals surface area contributed by atoms with E-state index in [2.05, 4.69) is 4.90 Å². The lowest BCUT2D eigenvalue weighted by molar-refractivity contribution is -0.135. The molecule has 0 aromatic carbocycles. The molecule has 1 aliphatic rings. The Balaban J connectivity index is 2.33. The second-order valence-corrected chi connectivity index (χ2v) is 2.71. The third kappa shape index (κ3) is 1.70. The summed E-state index contributed by atoms with van der Waals surface area (Å²) < 4.78 is 0. The van der Waals surface area contributed by atoms with Gasteiger partial charge >= 0.3 is 5.97 Å². The Kier molecular flexibility index (Phi) is 2.27. The van der Waals surface area contributed by atoms with Gasteiger partial charge in [0.1, 0.15) is 0 Å². The lowest BCUT2D eigenvalue weighted by atomic mass is 9.98. The maximum absolute atomic E-state index is 10.4. The first-order valence-corrected chi connectivity index (χ1v) is 3.46. The molecule has 0 bridgehead atoms. The summed E-state index contributed by atoms with van der Waals surface area (Å²) in [6, 6.07) is 0. The molecule has 0 amide bonds. The minimum Gasteiger partial charge on any atom is -0.481 e. The van der Waals surface area contributed by atoms with Gasteiger partial charge in [0.2, 0.25) is 0 Å². The summed E-state index contributed by atoms with van der Waals surface area (Å²) in [4.78, 5) is 12.6. The van der Waals surface area contributed by atoms with Gasteiger partial charge in [0.05, 0.1) is 5.92 Å². The van der Waals surface area contributed by atoms with E-state index < -0.39 is 5.97 Å². The van der Waals surface area contributed by atoms with Crippen LogP contribution in [0.2, 0.25) is 0 Å². The van der Waals surface area contributed by atoms with Crippen LogP contribution in [0, 0.1) is 5.92 Å². The zero-order chi connectivity index (χ0) is 7.56. The first kappa shape index (κ1) is 7.54. The Morgan fingerprint density at radius 1 is 1.50 bits per heavy atom. The number of carboxylic acid groups (broad SMARTS) is 1. The Morgan fingerprint density at radius 3 is 2.40 bits per heavy atom. The minimum atomic E-state index is -0.715. The summed E-state index contributed by atoms with van der Waals surface area (Å²) in [5.41, 5.74) is 0. The summed E-state index contributed by atoms with van der Waals surface area (Å²) in [7, 11) is 2.01. The first-order chi connectivity index (χ1) is 4.70. The fourth-order valence-electron chi connectivity index (χ4n) is 1.10. The molecule has 1 N–H and O–H groups in total.